The summed E-state index contributed by atoms with van der Waals surface area (Å²) >= 11 is 0. The molecule has 1 N–H and O–H groups in total. The number of aromatic hydroxyl groups is 1. The molecule has 0 amide bonds. The van der Waals surface area contributed by atoms with E-state index in [-0.39, 0.29) is 5.41 Å². The highest BCUT2D eigenvalue weighted by Crippen LogP contribution is 2.52. The molecule has 1 unspecified atom stereocenters. The molecule has 82 valence electrons. The zero-order valence-corrected chi connectivity index (χ0v) is 9.70. The van der Waals surface area contributed by atoms with Crippen molar-refractivity contribution in [2.24, 2.45) is 0 Å². The van der Waals surface area contributed by atoms with Crippen LogP contribution in [0.4, 0.5) is 0 Å². The summed E-state index contributed by atoms with van der Waals surface area (Å²) in [6.07, 6.45) is 2.46. The van der Waals surface area contributed by atoms with Gasteiger partial charge in [-0.15, -0.1) is 0 Å². The largest absolute Gasteiger partial charge is 0.508 e. The van der Waals surface area contributed by atoms with Crippen molar-refractivity contribution < 1.29 is 5.11 Å². The van der Waals surface area contributed by atoms with Crippen LogP contribution in [0.25, 0.3) is 0 Å². The molecule has 0 saturated heterocycles. The third kappa shape index (κ3) is 1.74. The molecule has 0 radical (unpaired) electrons. The first-order chi connectivity index (χ1) is 7.06. The second-order valence-corrected chi connectivity index (χ2v) is 4.85. The number of benzene rings is 1. The van der Waals surface area contributed by atoms with E-state index in [4.69, 9.17) is 0 Å². The van der Waals surface area contributed by atoms with Crippen LogP contribution in [0.2, 0.25) is 0 Å². The summed E-state index contributed by atoms with van der Waals surface area (Å²) in [4.78, 5) is 2.26. The third-order valence-corrected chi connectivity index (χ3v) is 3.78. The second kappa shape index (κ2) is 3.53. The molecule has 2 rings (SSSR count). The highest BCUT2D eigenvalue weighted by atomic mass is 16.3. The Kier molecular flexibility index (Phi) is 2.47. The molecule has 1 fully saturated rings. The summed E-state index contributed by atoms with van der Waals surface area (Å²) in [5.74, 6) is 0.379. The Labute approximate surface area is 91.5 Å². The monoisotopic (exact) mass is 205 g/mol. The van der Waals surface area contributed by atoms with Crippen molar-refractivity contribution in [2.45, 2.75) is 31.2 Å². The molecule has 1 aromatic carbocycles. The van der Waals surface area contributed by atoms with Crippen molar-refractivity contribution in [3.63, 3.8) is 0 Å². The molecule has 1 aliphatic rings. The molecule has 1 aliphatic carbocycles. The molecule has 1 aromatic rings. The van der Waals surface area contributed by atoms with E-state index in [1.807, 2.05) is 12.1 Å². The summed E-state index contributed by atoms with van der Waals surface area (Å²) in [7, 11) is 4.24. The van der Waals surface area contributed by atoms with Gasteiger partial charge in [0.15, 0.2) is 0 Å². The first kappa shape index (κ1) is 10.5. The van der Waals surface area contributed by atoms with Crippen LogP contribution in [-0.2, 0) is 5.41 Å². The zero-order valence-electron chi connectivity index (χ0n) is 9.70. The van der Waals surface area contributed by atoms with Gasteiger partial charge in [-0.1, -0.05) is 12.1 Å². The lowest BCUT2D eigenvalue weighted by Crippen LogP contribution is -2.36. The van der Waals surface area contributed by atoms with E-state index in [1.54, 1.807) is 6.07 Å². The molecule has 15 heavy (non-hydrogen) atoms. The molecule has 0 aromatic heterocycles. The van der Waals surface area contributed by atoms with Gasteiger partial charge in [0, 0.05) is 11.5 Å². The molecular formula is C13H19NO. The maximum absolute atomic E-state index is 9.51. The van der Waals surface area contributed by atoms with Crippen LogP contribution in [-0.4, -0.2) is 30.1 Å². The maximum Gasteiger partial charge on any atom is 0.115 e. The van der Waals surface area contributed by atoms with Crippen molar-refractivity contribution in [3.05, 3.63) is 29.8 Å². The van der Waals surface area contributed by atoms with Gasteiger partial charge in [-0.05, 0) is 51.6 Å². The minimum absolute atomic E-state index is 0.280. The Morgan fingerprint density at radius 2 is 2.00 bits per heavy atom. The van der Waals surface area contributed by atoms with Gasteiger partial charge >= 0.3 is 0 Å². The van der Waals surface area contributed by atoms with E-state index in [1.165, 1.54) is 18.4 Å². The van der Waals surface area contributed by atoms with E-state index in [0.717, 1.165) is 0 Å². The number of hydrogen-bond donors (Lipinski definition) is 1. The predicted octanol–water partition coefficient (Wildman–Crippen LogP) is 2.37. The lowest BCUT2D eigenvalue weighted by Gasteiger charge is -2.29. The fraction of sp³-hybridized carbons (Fsp3) is 0.538. The zero-order chi connectivity index (χ0) is 11.1. The summed E-state index contributed by atoms with van der Waals surface area (Å²) < 4.78 is 0. The lowest BCUT2D eigenvalue weighted by atomic mass is 9.88. The van der Waals surface area contributed by atoms with E-state index in [9.17, 15) is 5.11 Å². The number of phenolic OH excluding ortho intramolecular Hbond substituents is 1. The Hall–Kier alpha value is -1.02. The van der Waals surface area contributed by atoms with E-state index in [0.29, 0.717) is 11.8 Å². The summed E-state index contributed by atoms with van der Waals surface area (Å²) in [5, 5.41) is 9.51. The van der Waals surface area contributed by atoms with Gasteiger partial charge in [-0.25, -0.2) is 0 Å². The van der Waals surface area contributed by atoms with Gasteiger partial charge < -0.3 is 10.0 Å². The fourth-order valence-corrected chi connectivity index (χ4v) is 2.39. The van der Waals surface area contributed by atoms with Gasteiger partial charge in [0.1, 0.15) is 5.75 Å². The Balaban J connectivity index is 2.30. The summed E-state index contributed by atoms with van der Waals surface area (Å²) in [6.45, 7) is 2.26. The van der Waals surface area contributed by atoms with Crippen molar-refractivity contribution in [1.82, 2.24) is 4.90 Å². The van der Waals surface area contributed by atoms with E-state index >= 15 is 0 Å². The van der Waals surface area contributed by atoms with Gasteiger partial charge in [0.05, 0.1) is 0 Å². The molecule has 1 saturated carbocycles. The SMILES string of the molecule is CC(N(C)C)C1(c2cccc(O)c2)CC1. The highest BCUT2D eigenvalue weighted by Gasteiger charge is 2.49. The van der Waals surface area contributed by atoms with Crippen LogP contribution >= 0.6 is 0 Å². The number of hydrogen-bond acceptors (Lipinski definition) is 2. The molecular weight excluding hydrogens is 186 g/mol. The van der Waals surface area contributed by atoms with Crippen LogP contribution in [0.5, 0.6) is 5.75 Å². The Morgan fingerprint density at radius 3 is 2.47 bits per heavy atom. The quantitative estimate of drug-likeness (QED) is 0.819. The normalized spacial score (nSPS) is 20.3. The van der Waals surface area contributed by atoms with Crippen molar-refractivity contribution in [2.75, 3.05) is 14.1 Å². The van der Waals surface area contributed by atoms with Crippen molar-refractivity contribution >= 4 is 0 Å². The predicted molar refractivity (Wildman–Crippen MR) is 62.2 cm³/mol. The number of rotatable bonds is 3. The number of nitrogens with zero attached hydrogens (tertiary/aromatic N) is 1. The molecule has 0 aliphatic heterocycles. The number of phenols is 1. The number of likely N-dealkylation sites (N-methyl/N-ethyl adjacent to an activating group) is 1. The third-order valence-electron chi connectivity index (χ3n) is 3.78. The van der Waals surface area contributed by atoms with E-state index < -0.39 is 0 Å². The highest BCUT2D eigenvalue weighted by molar-refractivity contribution is 5.38. The summed E-state index contributed by atoms with van der Waals surface area (Å²) in [6, 6.07) is 8.24. The molecule has 2 nitrogen and oxygen atoms in total. The standard InChI is InChI=1S/C13H19NO/c1-10(14(2)3)13(7-8-13)11-5-4-6-12(15)9-11/h4-6,9-10,15H,7-8H2,1-3H3. The lowest BCUT2D eigenvalue weighted by molar-refractivity contribution is 0.259. The minimum atomic E-state index is 0.280. The van der Waals surface area contributed by atoms with Crippen LogP contribution in [0.1, 0.15) is 25.3 Å². The Morgan fingerprint density at radius 1 is 1.33 bits per heavy atom. The summed E-state index contributed by atoms with van der Waals surface area (Å²) in [5.41, 5.74) is 1.56. The average Bonchev–Trinajstić information content (AvgIpc) is 2.97. The smallest absolute Gasteiger partial charge is 0.115 e. The van der Waals surface area contributed by atoms with E-state index in [2.05, 4.69) is 32.0 Å². The van der Waals surface area contributed by atoms with Crippen LogP contribution < -0.4 is 0 Å². The molecule has 0 bridgehead atoms. The van der Waals surface area contributed by atoms with Crippen LogP contribution in [0.15, 0.2) is 24.3 Å². The molecule has 2 heteroatoms. The average molecular weight is 205 g/mol. The fourth-order valence-electron chi connectivity index (χ4n) is 2.39. The first-order valence-electron chi connectivity index (χ1n) is 5.52. The van der Waals surface area contributed by atoms with Crippen molar-refractivity contribution in [3.8, 4) is 5.75 Å². The topological polar surface area (TPSA) is 23.5 Å². The first-order valence-corrected chi connectivity index (χ1v) is 5.52. The molecule has 0 heterocycles. The van der Waals surface area contributed by atoms with Gasteiger partial charge in [0.2, 0.25) is 0 Å². The van der Waals surface area contributed by atoms with Gasteiger partial charge in [-0.2, -0.15) is 0 Å². The van der Waals surface area contributed by atoms with Gasteiger partial charge in [-0.3, -0.25) is 0 Å². The van der Waals surface area contributed by atoms with Gasteiger partial charge in [0.25, 0.3) is 0 Å². The van der Waals surface area contributed by atoms with Crippen LogP contribution in [0, 0.1) is 0 Å². The minimum Gasteiger partial charge on any atom is -0.508 e. The van der Waals surface area contributed by atoms with Crippen LogP contribution in [0.3, 0.4) is 0 Å². The maximum atomic E-state index is 9.51. The molecule has 1 atom stereocenters. The van der Waals surface area contributed by atoms with Crippen molar-refractivity contribution in [1.29, 1.82) is 0 Å². The molecule has 0 spiro atoms. The Bertz CT molecular complexity index is 355. The second-order valence-electron chi connectivity index (χ2n) is 4.85.